The molecule has 1 aliphatic rings. The molecule has 0 spiro atoms. The summed E-state index contributed by atoms with van der Waals surface area (Å²) >= 11 is 0. The number of benzene rings is 3. The molecule has 0 bridgehead atoms. The van der Waals surface area contributed by atoms with E-state index in [1.807, 2.05) is 91.0 Å². The fraction of sp³-hybridized carbons (Fsp3) is 0.323. The summed E-state index contributed by atoms with van der Waals surface area (Å²) in [5.74, 6) is -1.69. The lowest BCUT2D eigenvalue weighted by Crippen LogP contribution is -2.55. The molecule has 3 aromatic carbocycles. The Kier molecular flexibility index (Phi) is 9.11. The van der Waals surface area contributed by atoms with E-state index >= 15 is 0 Å². The Bertz CT molecular complexity index is 1150. The van der Waals surface area contributed by atoms with Crippen LogP contribution in [0.25, 0.3) is 0 Å². The third-order valence-corrected chi connectivity index (χ3v) is 6.41. The van der Waals surface area contributed by atoms with Crippen molar-refractivity contribution in [2.75, 3.05) is 6.61 Å². The number of rotatable bonds is 9. The minimum absolute atomic E-state index is 0.00874. The number of ether oxygens (including phenoxy) is 5. The highest BCUT2D eigenvalue weighted by atomic mass is 16.7. The van der Waals surface area contributed by atoms with Crippen LogP contribution in [0.2, 0.25) is 0 Å². The molecule has 3 aromatic rings. The third-order valence-electron chi connectivity index (χ3n) is 6.41. The molecule has 4 rings (SSSR count). The summed E-state index contributed by atoms with van der Waals surface area (Å²) in [5, 5.41) is 0. The molecule has 1 aliphatic heterocycles. The van der Waals surface area contributed by atoms with Crippen LogP contribution >= 0.6 is 0 Å². The first-order valence-electron chi connectivity index (χ1n) is 12.8. The van der Waals surface area contributed by atoms with Gasteiger partial charge in [-0.05, 0) is 16.7 Å². The maximum atomic E-state index is 12.1. The van der Waals surface area contributed by atoms with E-state index in [9.17, 15) is 14.4 Å². The summed E-state index contributed by atoms with van der Waals surface area (Å²) in [5.41, 5.74) is 1.54. The smallest absolute Gasteiger partial charge is 0.304 e. The van der Waals surface area contributed by atoms with Gasteiger partial charge in [0.1, 0.15) is 17.8 Å². The van der Waals surface area contributed by atoms with E-state index in [2.05, 4.69) is 0 Å². The molecular formula is C31H32O8. The lowest BCUT2D eigenvalue weighted by Gasteiger charge is -2.42. The van der Waals surface area contributed by atoms with Crippen molar-refractivity contribution in [2.24, 2.45) is 0 Å². The summed E-state index contributed by atoms with van der Waals surface area (Å²) in [6.07, 6.45) is -3.83. The minimum atomic E-state index is -1.07. The second-order valence-corrected chi connectivity index (χ2v) is 9.26. The lowest BCUT2D eigenvalue weighted by molar-refractivity contribution is -0.264. The molecule has 3 unspecified atom stereocenters. The zero-order valence-electron chi connectivity index (χ0n) is 22.1. The maximum Gasteiger partial charge on any atom is 0.304 e. The molecule has 0 radical (unpaired) electrons. The molecule has 8 heteroatoms. The van der Waals surface area contributed by atoms with E-state index < -0.39 is 48.1 Å². The van der Waals surface area contributed by atoms with Crippen molar-refractivity contribution in [3.8, 4) is 0 Å². The zero-order valence-corrected chi connectivity index (χ0v) is 22.1. The predicted molar refractivity (Wildman–Crippen MR) is 141 cm³/mol. The number of esters is 3. The van der Waals surface area contributed by atoms with Gasteiger partial charge in [0.15, 0.2) is 6.10 Å². The quantitative estimate of drug-likeness (QED) is 0.225. The Morgan fingerprint density at radius 2 is 1.13 bits per heavy atom. The first-order valence-corrected chi connectivity index (χ1v) is 12.8. The Hall–Kier alpha value is -4.01. The normalized spacial score (nSPS) is 21.0. The Morgan fingerprint density at radius 3 is 1.54 bits per heavy atom. The van der Waals surface area contributed by atoms with Gasteiger partial charge in [-0.3, -0.25) is 14.4 Å². The first kappa shape index (κ1) is 28.0. The van der Waals surface area contributed by atoms with E-state index in [1.165, 1.54) is 20.8 Å². The van der Waals surface area contributed by atoms with Gasteiger partial charge in [-0.15, -0.1) is 0 Å². The van der Waals surface area contributed by atoms with E-state index in [4.69, 9.17) is 23.7 Å². The van der Waals surface area contributed by atoms with Crippen LogP contribution in [0.4, 0.5) is 0 Å². The molecule has 0 amide bonds. The number of hydrogen-bond acceptors (Lipinski definition) is 8. The van der Waals surface area contributed by atoms with Crippen molar-refractivity contribution >= 4 is 17.9 Å². The fourth-order valence-electron chi connectivity index (χ4n) is 4.93. The van der Waals surface area contributed by atoms with Crippen molar-refractivity contribution in [2.45, 2.75) is 57.4 Å². The van der Waals surface area contributed by atoms with Crippen molar-refractivity contribution in [1.29, 1.82) is 0 Å². The topological polar surface area (TPSA) is 97.4 Å². The predicted octanol–water partition coefficient (Wildman–Crippen LogP) is 4.54. The molecule has 204 valence electrons. The molecule has 0 N–H and O–H groups in total. The molecule has 4 atom stereocenters. The van der Waals surface area contributed by atoms with E-state index in [1.54, 1.807) is 0 Å². The van der Waals surface area contributed by atoms with Crippen molar-refractivity contribution < 1.29 is 38.1 Å². The molecule has 1 saturated heterocycles. The third kappa shape index (κ3) is 6.71. The van der Waals surface area contributed by atoms with Crippen molar-refractivity contribution in [1.82, 2.24) is 0 Å². The van der Waals surface area contributed by atoms with Crippen LogP contribution in [0.15, 0.2) is 91.0 Å². The van der Waals surface area contributed by atoms with Gasteiger partial charge in [-0.25, -0.2) is 0 Å². The molecule has 0 aromatic heterocycles. The SMILES string of the molecule is CC(=O)OC1CC(OC(C)=O)[C@H](OC(C)=O)C(COC(c2ccccc2)(c2ccccc2)c2ccccc2)O1. The molecule has 1 fully saturated rings. The molecule has 39 heavy (non-hydrogen) atoms. The van der Waals surface area contributed by atoms with Gasteiger partial charge < -0.3 is 23.7 Å². The standard InChI is InChI=1S/C31H32O8/c1-21(32)36-27-19-29(37-22(2)33)39-28(30(27)38-23(3)34)20-35-31(24-13-7-4-8-14-24,25-15-9-5-10-16-25)26-17-11-6-12-18-26/h4-18,27-30H,19-20H2,1-3H3/t27?,28?,29?,30-/m0/s1. The van der Waals surface area contributed by atoms with E-state index in [0.717, 1.165) is 16.7 Å². The Labute approximate surface area is 227 Å². The van der Waals surface area contributed by atoms with Crippen molar-refractivity contribution in [3.63, 3.8) is 0 Å². The minimum Gasteiger partial charge on any atom is -0.458 e. The van der Waals surface area contributed by atoms with Crippen molar-refractivity contribution in [3.05, 3.63) is 108 Å². The largest absolute Gasteiger partial charge is 0.458 e. The molecular weight excluding hydrogens is 500 g/mol. The van der Waals surface area contributed by atoms with Crippen LogP contribution in [0.5, 0.6) is 0 Å². The zero-order chi connectivity index (χ0) is 27.8. The lowest BCUT2D eigenvalue weighted by atomic mass is 9.80. The van der Waals surface area contributed by atoms with Crippen LogP contribution in [0.1, 0.15) is 43.9 Å². The number of carbonyl (C=O) groups is 3. The maximum absolute atomic E-state index is 12.1. The van der Waals surface area contributed by atoms with Gasteiger partial charge >= 0.3 is 17.9 Å². The van der Waals surface area contributed by atoms with Gasteiger partial charge in [0.05, 0.1) is 13.0 Å². The molecule has 0 aliphatic carbocycles. The van der Waals surface area contributed by atoms with E-state index in [-0.39, 0.29) is 13.0 Å². The number of hydrogen-bond donors (Lipinski definition) is 0. The molecule has 1 heterocycles. The highest BCUT2D eigenvalue weighted by Gasteiger charge is 2.46. The van der Waals surface area contributed by atoms with E-state index in [0.29, 0.717) is 0 Å². The van der Waals surface area contributed by atoms with Gasteiger partial charge in [-0.2, -0.15) is 0 Å². The van der Waals surface area contributed by atoms with Gasteiger partial charge in [0.2, 0.25) is 6.29 Å². The van der Waals surface area contributed by atoms with Crippen LogP contribution in [-0.2, 0) is 43.7 Å². The van der Waals surface area contributed by atoms with Crippen LogP contribution in [-0.4, -0.2) is 49.1 Å². The summed E-state index contributed by atoms with van der Waals surface area (Å²) in [6.45, 7) is 3.70. The highest BCUT2D eigenvalue weighted by Crippen LogP contribution is 2.41. The number of carbonyl (C=O) groups excluding carboxylic acids is 3. The summed E-state index contributed by atoms with van der Waals surface area (Å²) in [7, 11) is 0. The molecule has 0 saturated carbocycles. The van der Waals surface area contributed by atoms with Gasteiger partial charge in [0.25, 0.3) is 0 Å². The Balaban J connectivity index is 1.78. The van der Waals surface area contributed by atoms with Crippen LogP contribution in [0, 0.1) is 0 Å². The fourth-order valence-corrected chi connectivity index (χ4v) is 4.93. The average molecular weight is 533 g/mol. The van der Waals surface area contributed by atoms with Gasteiger partial charge in [0, 0.05) is 20.8 Å². The monoisotopic (exact) mass is 532 g/mol. The second-order valence-electron chi connectivity index (χ2n) is 9.26. The first-order chi connectivity index (χ1) is 18.8. The average Bonchev–Trinajstić information content (AvgIpc) is 2.92. The summed E-state index contributed by atoms with van der Waals surface area (Å²) in [4.78, 5) is 35.7. The van der Waals surface area contributed by atoms with Gasteiger partial charge in [-0.1, -0.05) is 91.0 Å². The summed E-state index contributed by atoms with van der Waals surface area (Å²) in [6, 6.07) is 29.3. The highest BCUT2D eigenvalue weighted by molar-refractivity contribution is 5.68. The Morgan fingerprint density at radius 1 is 0.692 bits per heavy atom. The summed E-state index contributed by atoms with van der Waals surface area (Å²) < 4.78 is 29.3. The molecule has 8 nitrogen and oxygen atoms in total. The second kappa shape index (κ2) is 12.7. The van der Waals surface area contributed by atoms with Crippen LogP contribution < -0.4 is 0 Å². The van der Waals surface area contributed by atoms with Crippen LogP contribution in [0.3, 0.4) is 0 Å².